The molecule has 3 aromatic heterocycles. The maximum Gasteiger partial charge on any atom is 0.138 e. The second kappa shape index (κ2) is 5.03. The van der Waals surface area contributed by atoms with Gasteiger partial charge in [-0.1, -0.05) is 12.1 Å². The van der Waals surface area contributed by atoms with E-state index >= 15 is 0 Å². The number of nitrogens with one attached hydrogen (secondary N) is 1. The van der Waals surface area contributed by atoms with Crippen molar-refractivity contribution in [3.05, 3.63) is 73.3 Å². The van der Waals surface area contributed by atoms with Crippen molar-refractivity contribution in [2.24, 2.45) is 0 Å². The molecule has 24 heavy (non-hydrogen) atoms. The first-order chi connectivity index (χ1) is 11.9. The van der Waals surface area contributed by atoms with Gasteiger partial charge in [0.25, 0.3) is 0 Å². The normalized spacial score (nSPS) is 11.3. The van der Waals surface area contributed by atoms with E-state index in [9.17, 15) is 0 Å². The van der Waals surface area contributed by atoms with Crippen LogP contribution in [0.15, 0.2) is 73.3 Å². The number of imidazole rings is 2. The molecule has 3 heterocycles. The van der Waals surface area contributed by atoms with Gasteiger partial charge in [-0.2, -0.15) is 0 Å². The van der Waals surface area contributed by atoms with Crippen LogP contribution in [0.2, 0.25) is 0 Å². The predicted octanol–water partition coefficient (Wildman–Crippen LogP) is 3.96. The lowest BCUT2D eigenvalue weighted by Gasteiger charge is -2.03. The summed E-state index contributed by atoms with van der Waals surface area (Å²) in [5.74, 6) is 0.847. The fourth-order valence-corrected chi connectivity index (χ4v) is 2.96. The van der Waals surface area contributed by atoms with E-state index in [1.54, 1.807) is 12.4 Å². The summed E-state index contributed by atoms with van der Waals surface area (Å²) >= 11 is 0. The number of H-pyrrole nitrogens is 1. The van der Waals surface area contributed by atoms with Gasteiger partial charge in [0.2, 0.25) is 0 Å². The van der Waals surface area contributed by atoms with Crippen molar-refractivity contribution in [3.63, 3.8) is 0 Å². The molecule has 2 aromatic carbocycles. The zero-order valence-corrected chi connectivity index (χ0v) is 12.7. The third kappa shape index (κ3) is 1.99. The molecule has 0 spiro atoms. The summed E-state index contributed by atoms with van der Waals surface area (Å²) in [5.41, 5.74) is 6.09. The summed E-state index contributed by atoms with van der Waals surface area (Å²) in [7, 11) is 0. The molecule has 5 nitrogen and oxygen atoms in total. The van der Waals surface area contributed by atoms with Crippen molar-refractivity contribution < 1.29 is 0 Å². The van der Waals surface area contributed by atoms with E-state index in [1.807, 2.05) is 42.7 Å². The third-order valence-corrected chi connectivity index (χ3v) is 4.15. The zero-order chi connectivity index (χ0) is 15.9. The van der Waals surface area contributed by atoms with Crippen LogP contribution >= 0.6 is 0 Å². The van der Waals surface area contributed by atoms with Crippen molar-refractivity contribution in [2.75, 3.05) is 0 Å². The van der Waals surface area contributed by atoms with Crippen LogP contribution in [0.5, 0.6) is 0 Å². The average Bonchev–Trinajstić information content (AvgIpc) is 3.26. The van der Waals surface area contributed by atoms with Gasteiger partial charge < -0.3 is 4.98 Å². The first-order valence-electron chi connectivity index (χ1n) is 7.71. The molecular formula is C19H13N5. The van der Waals surface area contributed by atoms with Crippen molar-refractivity contribution >= 4 is 22.1 Å². The van der Waals surface area contributed by atoms with Crippen LogP contribution < -0.4 is 0 Å². The van der Waals surface area contributed by atoms with Crippen LogP contribution in [0.3, 0.4) is 0 Å². The molecule has 0 aliphatic carbocycles. The topological polar surface area (TPSA) is 59.4 Å². The highest BCUT2D eigenvalue weighted by Gasteiger charge is 2.08. The molecule has 0 fully saturated rings. The maximum atomic E-state index is 4.66. The van der Waals surface area contributed by atoms with Gasteiger partial charge in [0.1, 0.15) is 12.2 Å². The molecular weight excluding hydrogens is 298 g/mol. The maximum absolute atomic E-state index is 4.66. The average molecular weight is 311 g/mol. The number of hydrogen-bond donors (Lipinski definition) is 1. The quantitative estimate of drug-likeness (QED) is 0.537. The monoisotopic (exact) mass is 311 g/mol. The number of hydrogen-bond acceptors (Lipinski definition) is 3. The Morgan fingerprint density at radius 3 is 2.67 bits per heavy atom. The van der Waals surface area contributed by atoms with E-state index in [-0.39, 0.29) is 0 Å². The van der Waals surface area contributed by atoms with Gasteiger partial charge in [-0.3, -0.25) is 9.55 Å². The number of aromatic amines is 1. The summed E-state index contributed by atoms with van der Waals surface area (Å²) in [4.78, 5) is 16.6. The predicted molar refractivity (Wildman–Crippen MR) is 94.0 cm³/mol. The highest BCUT2D eigenvalue weighted by Crippen LogP contribution is 2.24. The largest absolute Gasteiger partial charge is 0.338 e. The van der Waals surface area contributed by atoms with Crippen LogP contribution in [0.25, 0.3) is 39.1 Å². The van der Waals surface area contributed by atoms with E-state index in [0.717, 1.165) is 39.1 Å². The van der Waals surface area contributed by atoms with Crippen molar-refractivity contribution in [1.29, 1.82) is 0 Å². The lowest BCUT2D eigenvalue weighted by Crippen LogP contribution is -1.91. The molecule has 5 heteroatoms. The van der Waals surface area contributed by atoms with E-state index in [2.05, 4.69) is 42.7 Å². The molecule has 114 valence electrons. The van der Waals surface area contributed by atoms with Crippen molar-refractivity contribution in [3.8, 4) is 17.1 Å². The van der Waals surface area contributed by atoms with Crippen LogP contribution in [-0.4, -0.2) is 24.5 Å². The second-order valence-electron chi connectivity index (χ2n) is 5.63. The van der Waals surface area contributed by atoms with E-state index in [1.165, 1.54) is 0 Å². The number of rotatable bonds is 2. The Labute approximate surface area is 137 Å². The highest BCUT2D eigenvalue weighted by molar-refractivity contribution is 5.83. The molecule has 5 rings (SSSR count). The molecule has 0 aliphatic rings. The second-order valence-corrected chi connectivity index (χ2v) is 5.63. The molecule has 1 N–H and O–H groups in total. The van der Waals surface area contributed by atoms with Crippen LogP contribution in [0.1, 0.15) is 0 Å². The summed E-state index contributed by atoms with van der Waals surface area (Å²) in [6.45, 7) is 0. The minimum atomic E-state index is 0.847. The van der Waals surface area contributed by atoms with Crippen molar-refractivity contribution in [2.45, 2.75) is 0 Å². The van der Waals surface area contributed by atoms with Gasteiger partial charge in [-0.25, -0.2) is 9.97 Å². The van der Waals surface area contributed by atoms with Gasteiger partial charge >= 0.3 is 0 Å². The molecule has 0 unspecified atom stereocenters. The van der Waals surface area contributed by atoms with E-state index < -0.39 is 0 Å². The van der Waals surface area contributed by atoms with Gasteiger partial charge in [0.15, 0.2) is 0 Å². The molecule has 0 radical (unpaired) electrons. The SMILES string of the molecule is c1ccc2c(c1)ncn2-c1ccc2nc(-c3ccncc3)[nH]c2c1. The Morgan fingerprint density at radius 1 is 0.875 bits per heavy atom. The van der Waals surface area contributed by atoms with E-state index in [0.29, 0.717) is 0 Å². The van der Waals surface area contributed by atoms with Crippen LogP contribution in [-0.2, 0) is 0 Å². The van der Waals surface area contributed by atoms with Crippen molar-refractivity contribution in [1.82, 2.24) is 24.5 Å². The molecule has 0 aliphatic heterocycles. The first-order valence-corrected chi connectivity index (χ1v) is 7.71. The summed E-state index contributed by atoms with van der Waals surface area (Å²) in [5, 5.41) is 0. The lowest BCUT2D eigenvalue weighted by molar-refractivity contribution is 1.09. The summed E-state index contributed by atoms with van der Waals surface area (Å²) < 4.78 is 2.09. The number of aromatic nitrogens is 5. The number of benzene rings is 2. The molecule has 0 atom stereocenters. The zero-order valence-electron chi connectivity index (χ0n) is 12.7. The lowest BCUT2D eigenvalue weighted by atomic mass is 10.2. The Kier molecular flexibility index (Phi) is 2.72. The van der Waals surface area contributed by atoms with Crippen LogP contribution in [0.4, 0.5) is 0 Å². The van der Waals surface area contributed by atoms with Crippen LogP contribution in [0, 0.1) is 0 Å². The third-order valence-electron chi connectivity index (χ3n) is 4.15. The van der Waals surface area contributed by atoms with Gasteiger partial charge in [0.05, 0.1) is 22.1 Å². The van der Waals surface area contributed by atoms with Gasteiger partial charge in [-0.05, 0) is 42.5 Å². The highest BCUT2D eigenvalue weighted by atomic mass is 15.0. The fraction of sp³-hybridized carbons (Fsp3) is 0. The number of fused-ring (bicyclic) bond motifs is 2. The standard InChI is InChI=1S/C19H13N5/c1-2-4-18-16(3-1)21-12-24(18)14-5-6-15-17(11-14)23-19(22-15)13-7-9-20-10-8-13/h1-12H,(H,22,23). The molecule has 0 amide bonds. The molecule has 0 saturated carbocycles. The smallest absolute Gasteiger partial charge is 0.138 e. The summed E-state index contributed by atoms with van der Waals surface area (Å²) in [6.07, 6.45) is 5.39. The van der Waals surface area contributed by atoms with Gasteiger partial charge in [-0.15, -0.1) is 0 Å². The fourth-order valence-electron chi connectivity index (χ4n) is 2.96. The Bertz CT molecular complexity index is 1150. The number of pyridine rings is 1. The van der Waals surface area contributed by atoms with Gasteiger partial charge in [0, 0.05) is 23.6 Å². The molecule has 0 bridgehead atoms. The molecule has 0 saturated heterocycles. The Morgan fingerprint density at radius 2 is 1.75 bits per heavy atom. The Hall–Kier alpha value is -3.47. The van der Waals surface area contributed by atoms with E-state index in [4.69, 9.17) is 0 Å². The minimum Gasteiger partial charge on any atom is -0.338 e. The summed E-state index contributed by atoms with van der Waals surface area (Å²) in [6, 6.07) is 18.2. The minimum absolute atomic E-state index is 0.847. The number of nitrogens with zero attached hydrogens (tertiary/aromatic N) is 4. The first kappa shape index (κ1) is 13.0. The Balaban J connectivity index is 1.66. The number of para-hydroxylation sites is 2. The molecule has 5 aromatic rings.